The molecule has 0 bridgehead atoms. The van der Waals surface area contributed by atoms with E-state index in [0.717, 1.165) is 5.69 Å². The Morgan fingerprint density at radius 3 is 2.20 bits per heavy atom. The van der Waals surface area contributed by atoms with Gasteiger partial charge in [-0.15, -0.1) is 0 Å². The lowest BCUT2D eigenvalue weighted by atomic mass is 10.2. The van der Waals surface area contributed by atoms with Gasteiger partial charge in [0.05, 0.1) is 29.1 Å². The molecular weight excluding hydrogens is 327 g/mol. The zero-order valence-electron chi connectivity index (χ0n) is 12.0. The largest absolute Gasteiger partial charge is 0.397 e. The SMILES string of the molecule is CCOCCN(CCOCC)c1cc(Br)c(F)cc1N. The van der Waals surface area contributed by atoms with Gasteiger partial charge in [0.1, 0.15) is 5.82 Å². The van der Waals surface area contributed by atoms with Crippen LogP contribution in [0.5, 0.6) is 0 Å². The number of anilines is 2. The molecule has 1 aromatic rings. The highest BCUT2D eigenvalue weighted by atomic mass is 79.9. The molecule has 0 amide bonds. The zero-order chi connectivity index (χ0) is 15.0. The molecule has 0 saturated heterocycles. The number of halogens is 2. The average molecular weight is 349 g/mol. The highest BCUT2D eigenvalue weighted by Crippen LogP contribution is 2.29. The number of nitrogen functional groups attached to an aromatic ring is 1. The van der Waals surface area contributed by atoms with Crippen LogP contribution in [0.3, 0.4) is 0 Å². The lowest BCUT2D eigenvalue weighted by Gasteiger charge is -2.26. The van der Waals surface area contributed by atoms with E-state index in [1.54, 1.807) is 6.07 Å². The molecule has 0 unspecified atom stereocenters. The van der Waals surface area contributed by atoms with Crippen LogP contribution in [0.4, 0.5) is 15.8 Å². The molecule has 0 radical (unpaired) electrons. The molecular formula is C14H22BrFN2O2. The van der Waals surface area contributed by atoms with Crippen LogP contribution in [0.15, 0.2) is 16.6 Å². The minimum absolute atomic E-state index is 0.360. The number of benzene rings is 1. The van der Waals surface area contributed by atoms with Crippen molar-refractivity contribution in [2.24, 2.45) is 0 Å². The predicted octanol–water partition coefficient (Wildman–Crippen LogP) is 3.05. The molecule has 4 nitrogen and oxygen atoms in total. The van der Waals surface area contributed by atoms with Crippen LogP contribution in [0, 0.1) is 5.82 Å². The molecule has 2 N–H and O–H groups in total. The summed E-state index contributed by atoms with van der Waals surface area (Å²) in [7, 11) is 0. The summed E-state index contributed by atoms with van der Waals surface area (Å²) in [6.07, 6.45) is 0. The second kappa shape index (κ2) is 9.15. The van der Waals surface area contributed by atoms with Crippen LogP contribution in [0.2, 0.25) is 0 Å². The molecule has 0 aliphatic heterocycles. The predicted molar refractivity (Wildman–Crippen MR) is 83.7 cm³/mol. The maximum absolute atomic E-state index is 13.4. The highest BCUT2D eigenvalue weighted by molar-refractivity contribution is 9.10. The molecule has 114 valence electrons. The second-order valence-electron chi connectivity index (χ2n) is 4.21. The van der Waals surface area contributed by atoms with Gasteiger partial charge in [-0.3, -0.25) is 0 Å². The van der Waals surface area contributed by atoms with Crippen LogP contribution < -0.4 is 10.6 Å². The van der Waals surface area contributed by atoms with Gasteiger partial charge >= 0.3 is 0 Å². The Morgan fingerprint density at radius 1 is 1.15 bits per heavy atom. The van der Waals surface area contributed by atoms with Crippen molar-refractivity contribution in [1.82, 2.24) is 0 Å². The number of rotatable bonds is 9. The zero-order valence-corrected chi connectivity index (χ0v) is 13.6. The van der Waals surface area contributed by atoms with Gasteiger partial charge in [0, 0.05) is 32.4 Å². The van der Waals surface area contributed by atoms with Crippen molar-refractivity contribution in [3.8, 4) is 0 Å². The topological polar surface area (TPSA) is 47.7 Å². The van der Waals surface area contributed by atoms with Crippen LogP contribution in [-0.2, 0) is 9.47 Å². The summed E-state index contributed by atoms with van der Waals surface area (Å²) in [6, 6.07) is 3.02. The number of ether oxygens (including phenoxy) is 2. The number of nitrogens with two attached hydrogens (primary N) is 1. The van der Waals surface area contributed by atoms with Gasteiger partial charge in [0.25, 0.3) is 0 Å². The van der Waals surface area contributed by atoms with Gasteiger partial charge in [0.2, 0.25) is 0 Å². The van der Waals surface area contributed by atoms with E-state index in [1.807, 2.05) is 18.7 Å². The maximum Gasteiger partial charge on any atom is 0.139 e. The lowest BCUT2D eigenvalue weighted by molar-refractivity contribution is 0.141. The summed E-state index contributed by atoms with van der Waals surface area (Å²) in [5, 5.41) is 0. The molecule has 0 saturated carbocycles. The third-order valence-corrected chi connectivity index (χ3v) is 3.44. The van der Waals surface area contributed by atoms with Gasteiger partial charge in [0.15, 0.2) is 0 Å². The van der Waals surface area contributed by atoms with E-state index < -0.39 is 0 Å². The molecule has 0 aliphatic rings. The van der Waals surface area contributed by atoms with Crippen molar-refractivity contribution < 1.29 is 13.9 Å². The van der Waals surface area contributed by atoms with E-state index in [0.29, 0.717) is 49.7 Å². The van der Waals surface area contributed by atoms with E-state index in [9.17, 15) is 4.39 Å². The van der Waals surface area contributed by atoms with Crippen LogP contribution in [-0.4, -0.2) is 39.5 Å². The molecule has 0 aliphatic carbocycles. The van der Waals surface area contributed by atoms with Crippen molar-refractivity contribution in [1.29, 1.82) is 0 Å². The summed E-state index contributed by atoms with van der Waals surface area (Å²) in [5.74, 6) is -0.360. The Kier molecular flexibility index (Phi) is 7.87. The molecule has 1 rings (SSSR count). The molecule has 1 aromatic carbocycles. The first-order valence-electron chi connectivity index (χ1n) is 6.75. The second-order valence-corrected chi connectivity index (χ2v) is 5.06. The Morgan fingerprint density at radius 2 is 1.70 bits per heavy atom. The van der Waals surface area contributed by atoms with Crippen molar-refractivity contribution in [2.75, 3.05) is 50.2 Å². The van der Waals surface area contributed by atoms with E-state index >= 15 is 0 Å². The third-order valence-electron chi connectivity index (χ3n) is 2.83. The summed E-state index contributed by atoms with van der Waals surface area (Å²) in [6.45, 7) is 7.80. The van der Waals surface area contributed by atoms with Crippen molar-refractivity contribution in [2.45, 2.75) is 13.8 Å². The van der Waals surface area contributed by atoms with Crippen LogP contribution >= 0.6 is 15.9 Å². The maximum atomic E-state index is 13.4. The third kappa shape index (κ3) is 5.26. The lowest BCUT2D eigenvalue weighted by Crippen LogP contribution is -2.31. The molecule has 0 aromatic heterocycles. The summed E-state index contributed by atoms with van der Waals surface area (Å²) in [4.78, 5) is 2.05. The fraction of sp³-hybridized carbons (Fsp3) is 0.571. The normalized spacial score (nSPS) is 10.8. The average Bonchev–Trinajstić information content (AvgIpc) is 2.42. The van der Waals surface area contributed by atoms with E-state index in [-0.39, 0.29) is 5.82 Å². The van der Waals surface area contributed by atoms with Crippen molar-refractivity contribution >= 4 is 27.3 Å². The first-order valence-corrected chi connectivity index (χ1v) is 7.54. The molecule has 0 spiro atoms. The molecule has 0 atom stereocenters. The minimum Gasteiger partial charge on any atom is -0.397 e. The summed E-state index contributed by atoms with van der Waals surface area (Å²) >= 11 is 3.19. The molecule has 6 heteroatoms. The fourth-order valence-electron chi connectivity index (χ4n) is 1.82. The van der Waals surface area contributed by atoms with Gasteiger partial charge in [-0.05, 0) is 35.8 Å². The molecule has 0 heterocycles. The molecule has 20 heavy (non-hydrogen) atoms. The summed E-state index contributed by atoms with van der Waals surface area (Å²) < 4.78 is 24.6. The van der Waals surface area contributed by atoms with Gasteiger partial charge in [-0.2, -0.15) is 0 Å². The first-order chi connectivity index (χ1) is 9.60. The van der Waals surface area contributed by atoms with Gasteiger partial charge < -0.3 is 20.1 Å². The number of nitrogens with zero attached hydrogens (tertiary/aromatic N) is 1. The quantitative estimate of drug-likeness (QED) is 0.550. The smallest absolute Gasteiger partial charge is 0.139 e. The number of hydrogen-bond donors (Lipinski definition) is 1. The van der Waals surface area contributed by atoms with E-state index in [1.165, 1.54) is 6.07 Å². The van der Waals surface area contributed by atoms with Gasteiger partial charge in [-0.25, -0.2) is 4.39 Å². The Hall–Kier alpha value is -0.850. The highest BCUT2D eigenvalue weighted by Gasteiger charge is 2.13. The van der Waals surface area contributed by atoms with Crippen LogP contribution in [0.1, 0.15) is 13.8 Å². The van der Waals surface area contributed by atoms with E-state index in [4.69, 9.17) is 15.2 Å². The van der Waals surface area contributed by atoms with E-state index in [2.05, 4.69) is 15.9 Å². The Balaban J connectivity index is 2.81. The van der Waals surface area contributed by atoms with Crippen LogP contribution in [0.25, 0.3) is 0 Å². The Labute approximate surface area is 128 Å². The first kappa shape index (κ1) is 17.2. The summed E-state index contributed by atoms with van der Waals surface area (Å²) in [5.41, 5.74) is 7.12. The fourth-order valence-corrected chi connectivity index (χ4v) is 2.15. The number of hydrogen-bond acceptors (Lipinski definition) is 4. The molecule has 0 fully saturated rings. The van der Waals surface area contributed by atoms with Gasteiger partial charge in [-0.1, -0.05) is 0 Å². The Bertz CT molecular complexity index is 408. The van der Waals surface area contributed by atoms with Crippen molar-refractivity contribution in [3.63, 3.8) is 0 Å². The monoisotopic (exact) mass is 348 g/mol. The standard InChI is InChI=1S/C14H22BrFN2O2/c1-3-19-7-5-18(6-8-20-4-2)14-9-11(15)12(16)10-13(14)17/h9-10H,3-8,17H2,1-2H3. The van der Waals surface area contributed by atoms with Crippen molar-refractivity contribution in [3.05, 3.63) is 22.4 Å². The minimum atomic E-state index is -0.360.